The third-order valence-electron chi connectivity index (χ3n) is 3.73. The van der Waals surface area contributed by atoms with Crippen molar-refractivity contribution in [2.45, 2.75) is 19.4 Å². The molecule has 2 rings (SSSR count). The summed E-state index contributed by atoms with van der Waals surface area (Å²) >= 11 is 5.97. The first-order chi connectivity index (χ1) is 9.60. The molecule has 5 nitrogen and oxygen atoms in total. The van der Waals surface area contributed by atoms with Crippen molar-refractivity contribution >= 4 is 29.7 Å². The van der Waals surface area contributed by atoms with Crippen LogP contribution < -0.4 is 5.32 Å². The van der Waals surface area contributed by atoms with Crippen LogP contribution in [0, 0.1) is 16.0 Å². The lowest BCUT2D eigenvalue weighted by atomic mass is 9.97. The number of nitrogens with zero attached hydrogens (tertiary/aromatic N) is 2. The van der Waals surface area contributed by atoms with E-state index in [2.05, 4.69) is 10.2 Å². The van der Waals surface area contributed by atoms with Crippen molar-refractivity contribution < 1.29 is 4.92 Å². The average Bonchev–Trinajstić information content (AvgIpc) is 2.39. The number of nitro benzene ring substituents is 1. The first-order valence-electron chi connectivity index (χ1n) is 6.90. The molecule has 1 atom stereocenters. The zero-order valence-corrected chi connectivity index (χ0v) is 13.6. The smallest absolute Gasteiger partial charge is 0.273 e. The second-order valence-corrected chi connectivity index (χ2v) is 5.77. The van der Waals surface area contributed by atoms with E-state index in [0.717, 1.165) is 26.1 Å². The van der Waals surface area contributed by atoms with E-state index in [-0.39, 0.29) is 23.0 Å². The highest BCUT2D eigenvalue weighted by atomic mass is 35.5. The van der Waals surface area contributed by atoms with Crippen molar-refractivity contribution in [3.05, 3.63) is 38.9 Å². The van der Waals surface area contributed by atoms with Gasteiger partial charge >= 0.3 is 0 Å². The van der Waals surface area contributed by atoms with Crippen LogP contribution in [-0.2, 0) is 6.54 Å². The minimum atomic E-state index is -0.333. The summed E-state index contributed by atoms with van der Waals surface area (Å²) in [5.74, 6) is 0.618. The maximum Gasteiger partial charge on any atom is 0.273 e. The van der Waals surface area contributed by atoms with Gasteiger partial charge in [0.25, 0.3) is 5.69 Å². The second kappa shape index (κ2) is 8.54. The van der Waals surface area contributed by atoms with Crippen molar-refractivity contribution in [1.82, 2.24) is 10.2 Å². The third kappa shape index (κ3) is 5.11. The number of nitro groups is 1. The summed E-state index contributed by atoms with van der Waals surface area (Å²) in [6.07, 6.45) is 2.36. The zero-order valence-electron chi connectivity index (χ0n) is 12.0. The molecule has 7 heteroatoms. The van der Waals surface area contributed by atoms with Gasteiger partial charge in [0.2, 0.25) is 0 Å². The van der Waals surface area contributed by atoms with Crippen LogP contribution in [0.2, 0.25) is 5.02 Å². The highest BCUT2D eigenvalue weighted by Crippen LogP contribution is 2.26. The van der Waals surface area contributed by atoms with E-state index >= 15 is 0 Å². The molecule has 0 aromatic heterocycles. The normalized spacial score (nSPS) is 19.0. The first kappa shape index (κ1) is 18.2. The van der Waals surface area contributed by atoms with Crippen molar-refractivity contribution in [3.63, 3.8) is 0 Å². The number of likely N-dealkylation sites (tertiary alicyclic amines) is 1. The molecule has 0 amide bonds. The van der Waals surface area contributed by atoms with Crippen LogP contribution in [0.15, 0.2) is 18.2 Å². The van der Waals surface area contributed by atoms with Gasteiger partial charge in [-0.05, 0) is 51.0 Å². The van der Waals surface area contributed by atoms with E-state index in [9.17, 15) is 10.1 Å². The number of rotatable bonds is 5. The molecule has 0 saturated carbocycles. The third-order valence-corrected chi connectivity index (χ3v) is 3.96. The molecule has 1 aromatic rings. The Morgan fingerprint density at radius 2 is 2.29 bits per heavy atom. The van der Waals surface area contributed by atoms with Crippen molar-refractivity contribution in [2.24, 2.45) is 5.92 Å². The fourth-order valence-electron chi connectivity index (χ4n) is 2.85. The molecule has 1 heterocycles. The predicted octanol–water partition coefficient (Wildman–Crippen LogP) is 3.10. The Morgan fingerprint density at radius 1 is 1.52 bits per heavy atom. The lowest BCUT2D eigenvalue weighted by molar-refractivity contribution is -0.385. The molecule has 1 aliphatic heterocycles. The van der Waals surface area contributed by atoms with Gasteiger partial charge in [0.05, 0.1) is 4.92 Å². The van der Waals surface area contributed by atoms with Gasteiger partial charge in [-0.3, -0.25) is 15.0 Å². The largest absolute Gasteiger partial charge is 0.319 e. The molecule has 1 aromatic carbocycles. The number of piperidine rings is 1. The Balaban J connectivity index is 0.00000220. The summed E-state index contributed by atoms with van der Waals surface area (Å²) in [5.41, 5.74) is 0.859. The molecule has 1 saturated heterocycles. The monoisotopic (exact) mass is 333 g/mol. The quantitative estimate of drug-likeness (QED) is 0.664. The SMILES string of the molecule is CNCC1CCCN(Cc2cc(Cl)ccc2[N+](=O)[O-])C1.Cl. The summed E-state index contributed by atoms with van der Waals surface area (Å²) in [4.78, 5) is 13.0. The minimum absolute atomic E-state index is 0. The van der Waals surface area contributed by atoms with Gasteiger partial charge in [-0.15, -0.1) is 12.4 Å². The van der Waals surface area contributed by atoms with E-state index in [1.165, 1.54) is 12.5 Å². The van der Waals surface area contributed by atoms with Gasteiger partial charge in [-0.2, -0.15) is 0 Å². The van der Waals surface area contributed by atoms with Gasteiger partial charge in [-0.25, -0.2) is 0 Å². The van der Waals surface area contributed by atoms with Gasteiger partial charge in [0.15, 0.2) is 0 Å². The average molecular weight is 334 g/mol. The standard InChI is InChI=1S/C14H20ClN3O2.ClH/c1-16-8-11-3-2-6-17(9-11)10-12-7-13(15)4-5-14(12)18(19)20;/h4-5,7,11,16H,2-3,6,8-10H2,1H3;1H. The molecular formula is C14H21Cl2N3O2. The molecule has 118 valence electrons. The van der Waals surface area contributed by atoms with Crippen LogP contribution in [0.5, 0.6) is 0 Å². The maximum atomic E-state index is 11.1. The van der Waals surface area contributed by atoms with E-state index in [1.54, 1.807) is 12.1 Å². The lowest BCUT2D eigenvalue weighted by Crippen LogP contribution is -2.38. The molecule has 1 aliphatic rings. The van der Waals surface area contributed by atoms with Crippen LogP contribution in [0.25, 0.3) is 0 Å². The van der Waals surface area contributed by atoms with E-state index in [1.807, 2.05) is 7.05 Å². The molecule has 0 bridgehead atoms. The van der Waals surface area contributed by atoms with Crippen molar-refractivity contribution in [2.75, 3.05) is 26.7 Å². The van der Waals surface area contributed by atoms with Crippen molar-refractivity contribution in [1.29, 1.82) is 0 Å². The Kier molecular flexibility index (Phi) is 7.39. The minimum Gasteiger partial charge on any atom is -0.319 e. The van der Waals surface area contributed by atoms with E-state index in [4.69, 9.17) is 11.6 Å². The van der Waals surface area contributed by atoms with Crippen LogP contribution in [-0.4, -0.2) is 36.5 Å². The molecular weight excluding hydrogens is 313 g/mol. The Bertz CT molecular complexity index is 483. The van der Waals surface area contributed by atoms with Gasteiger partial charge in [-0.1, -0.05) is 11.6 Å². The summed E-state index contributed by atoms with van der Waals surface area (Å²) in [5, 5.41) is 14.8. The fourth-order valence-corrected chi connectivity index (χ4v) is 3.04. The zero-order chi connectivity index (χ0) is 14.5. The van der Waals surface area contributed by atoms with Crippen LogP contribution in [0.3, 0.4) is 0 Å². The Morgan fingerprint density at radius 3 is 2.95 bits per heavy atom. The van der Waals surface area contributed by atoms with Gasteiger partial charge in [0, 0.05) is 29.7 Å². The number of benzene rings is 1. The van der Waals surface area contributed by atoms with Crippen LogP contribution in [0.1, 0.15) is 18.4 Å². The molecule has 0 spiro atoms. The Labute approximate surface area is 136 Å². The molecule has 1 fully saturated rings. The summed E-state index contributed by atoms with van der Waals surface area (Å²) in [7, 11) is 1.96. The fraction of sp³-hybridized carbons (Fsp3) is 0.571. The van der Waals surface area contributed by atoms with Gasteiger partial charge in [0.1, 0.15) is 0 Å². The number of nitrogens with one attached hydrogen (secondary N) is 1. The number of hydrogen-bond acceptors (Lipinski definition) is 4. The topological polar surface area (TPSA) is 58.4 Å². The van der Waals surface area contributed by atoms with E-state index in [0.29, 0.717) is 23.0 Å². The van der Waals surface area contributed by atoms with Crippen LogP contribution in [0.4, 0.5) is 5.69 Å². The lowest BCUT2D eigenvalue weighted by Gasteiger charge is -2.32. The summed E-state index contributed by atoms with van der Waals surface area (Å²) in [6, 6.07) is 4.78. The number of halogens is 2. The number of hydrogen-bond donors (Lipinski definition) is 1. The van der Waals surface area contributed by atoms with E-state index < -0.39 is 0 Å². The summed E-state index contributed by atoms with van der Waals surface area (Å²) < 4.78 is 0. The first-order valence-corrected chi connectivity index (χ1v) is 7.27. The molecule has 0 aliphatic carbocycles. The Hall–Kier alpha value is -0.880. The molecule has 21 heavy (non-hydrogen) atoms. The molecule has 1 unspecified atom stereocenters. The molecule has 1 N–H and O–H groups in total. The summed E-state index contributed by atoms with van der Waals surface area (Å²) in [6.45, 7) is 3.56. The molecule has 0 radical (unpaired) electrons. The van der Waals surface area contributed by atoms with Gasteiger partial charge < -0.3 is 5.32 Å². The second-order valence-electron chi connectivity index (χ2n) is 5.33. The highest BCUT2D eigenvalue weighted by Gasteiger charge is 2.22. The maximum absolute atomic E-state index is 11.1. The highest BCUT2D eigenvalue weighted by molar-refractivity contribution is 6.30. The van der Waals surface area contributed by atoms with Crippen LogP contribution >= 0.6 is 24.0 Å². The predicted molar refractivity (Wildman–Crippen MR) is 87.3 cm³/mol. The van der Waals surface area contributed by atoms with Crippen molar-refractivity contribution in [3.8, 4) is 0 Å².